The standard InChI is InChI=1S/C25H26N6O5/c1-4-21(32)29-10-9-17(13-29)30-24(26)22(25(27)33)23(28-30)16-5-7-18(8-6-16)36-20-12-19(31(34)35)14(2)11-15(20)3/h4-8,11-12,17H,1,9-10,13,26H2,2-3H3,(H2,27,33)/t17-/m1/s1. The Balaban J connectivity index is 1.63. The van der Waals surface area contributed by atoms with Gasteiger partial charge in [0.1, 0.15) is 28.6 Å². The molecule has 0 radical (unpaired) electrons. The number of nitrogens with two attached hydrogens (primary N) is 2. The van der Waals surface area contributed by atoms with Gasteiger partial charge in [-0.15, -0.1) is 0 Å². The molecule has 0 aliphatic carbocycles. The maximum absolute atomic E-state index is 12.3. The SMILES string of the molecule is C=CC(=O)N1CC[C@@H](n2nc(-c3ccc(Oc4cc([N+](=O)[O-])c(C)cc4C)cc3)c(C(N)=O)c2N)C1. The Bertz CT molecular complexity index is 1380. The van der Waals surface area contributed by atoms with Gasteiger partial charge in [0.15, 0.2) is 0 Å². The van der Waals surface area contributed by atoms with Crippen molar-refractivity contribution in [1.29, 1.82) is 0 Å². The summed E-state index contributed by atoms with van der Waals surface area (Å²) in [6.45, 7) is 7.91. The maximum Gasteiger partial charge on any atom is 0.276 e. The van der Waals surface area contributed by atoms with Crippen LogP contribution in [0.5, 0.6) is 11.5 Å². The van der Waals surface area contributed by atoms with Crippen LogP contribution in [0.25, 0.3) is 11.3 Å². The molecule has 0 bridgehead atoms. The zero-order chi connectivity index (χ0) is 26.1. The van der Waals surface area contributed by atoms with E-state index in [1.807, 2.05) is 6.92 Å². The first-order chi connectivity index (χ1) is 17.1. The van der Waals surface area contributed by atoms with E-state index in [1.54, 1.807) is 46.8 Å². The Kier molecular flexibility index (Phi) is 6.47. The van der Waals surface area contributed by atoms with Crippen molar-refractivity contribution in [2.75, 3.05) is 18.8 Å². The number of hydrogen-bond donors (Lipinski definition) is 2. The first kappa shape index (κ1) is 24.5. The van der Waals surface area contributed by atoms with Gasteiger partial charge in [-0.05, 0) is 62.2 Å². The number of amides is 2. The summed E-state index contributed by atoms with van der Waals surface area (Å²) in [5.41, 5.74) is 14.2. The van der Waals surface area contributed by atoms with Gasteiger partial charge in [0.25, 0.3) is 11.6 Å². The molecule has 2 heterocycles. The molecule has 11 nitrogen and oxygen atoms in total. The summed E-state index contributed by atoms with van der Waals surface area (Å²) in [6.07, 6.45) is 1.88. The van der Waals surface area contributed by atoms with Gasteiger partial charge in [-0.3, -0.25) is 19.7 Å². The van der Waals surface area contributed by atoms with Crippen LogP contribution in [0.2, 0.25) is 0 Å². The molecule has 0 saturated carbocycles. The van der Waals surface area contributed by atoms with Crippen LogP contribution in [-0.4, -0.2) is 44.5 Å². The van der Waals surface area contributed by atoms with Crippen molar-refractivity contribution in [1.82, 2.24) is 14.7 Å². The quantitative estimate of drug-likeness (QED) is 0.291. The van der Waals surface area contributed by atoms with Gasteiger partial charge in [0.2, 0.25) is 5.91 Å². The van der Waals surface area contributed by atoms with Crippen molar-refractivity contribution in [3.63, 3.8) is 0 Å². The van der Waals surface area contributed by atoms with Crippen LogP contribution in [-0.2, 0) is 4.79 Å². The number of carbonyl (C=O) groups excluding carboxylic acids is 2. The van der Waals surface area contributed by atoms with E-state index in [9.17, 15) is 19.7 Å². The molecule has 1 aliphatic heterocycles. The first-order valence-corrected chi connectivity index (χ1v) is 11.2. The number of nitrogens with zero attached hydrogens (tertiary/aromatic N) is 4. The van der Waals surface area contributed by atoms with Crippen LogP contribution in [0.4, 0.5) is 11.5 Å². The molecule has 2 aromatic carbocycles. The number of benzene rings is 2. The lowest BCUT2D eigenvalue weighted by Gasteiger charge is -2.15. The first-order valence-electron chi connectivity index (χ1n) is 11.2. The van der Waals surface area contributed by atoms with Gasteiger partial charge in [-0.25, -0.2) is 4.68 Å². The van der Waals surface area contributed by atoms with Crippen molar-refractivity contribution in [2.24, 2.45) is 5.73 Å². The number of rotatable bonds is 7. The molecule has 1 fully saturated rings. The average Bonchev–Trinajstić information content (AvgIpc) is 3.45. The highest BCUT2D eigenvalue weighted by Crippen LogP contribution is 2.35. The number of aryl methyl sites for hydroxylation is 2. The molecule has 4 N–H and O–H groups in total. The zero-order valence-electron chi connectivity index (χ0n) is 19.9. The third-order valence-corrected chi connectivity index (χ3v) is 6.24. The number of likely N-dealkylation sites (tertiary alicyclic amines) is 1. The van der Waals surface area contributed by atoms with Crippen molar-refractivity contribution >= 4 is 23.3 Å². The Hall–Kier alpha value is -4.67. The predicted octanol–water partition coefficient (Wildman–Crippen LogP) is 3.51. The highest BCUT2D eigenvalue weighted by atomic mass is 16.6. The summed E-state index contributed by atoms with van der Waals surface area (Å²) < 4.78 is 7.43. The fourth-order valence-corrected chi connectivity index (χ4v) is 4.38. The van der Waals surface area contributed by atoms with E-state index < -0.39 is 10.8 Å². The lowest BCUT2D eigenvalue weighted by Crippen LogP contribution is -2.27. The number of nitro benzene ring substituents is 1. The number of nitrogen functional groups attached to an aromatic ring is 1. The molecule has 3 aromatic rings. The Morgan fingerprint density at radius 2 is 1.92 bits per heavy atom. The van der Waals surface area contributed by atoms with E-state index in [0.29, 0.717) is 47.8 Å². The van der Waals surface area contributed by atoms with Crippen molar-refractivity contribution < 1.29 is 19.2 Å². The molecule has 1 atom stereocenters. The summed E-state index contributed by atoms with van der Waals surface area (Å²) >= 11 is 0. The summed E-state index contributed by atoms with van der Waals surface area (Å²) in [4.78, 5) is 36.7. The van der Waals surface area contributed by atoms with E-state index in [0.717, 1.165) is 5.56 Å². The highest BCUT2D eigenvalue weighted by molar-refractivity contribution is 6.03. The maximum atomic E-state index is 12.3. The molecular formula is C25H26N6O5. The number of hydrogen-bond acceptors (Lipinski definition) is 7. The fraction of sp³-hybridized carbons (Fsp3) is 0.240. The molecule has 11 heteroatoms. The minimum absolute atomic E-state index is 0.0281. The number of ether oxygens (including phenoxy) is 1. The van der Waals surface area contributed by atoms with Crippen molar-refractivity contribution in [3.8, 4) is 22.8 Å². The zero-order valence-corrected chi connectivity index (χ0v) is 19.9. The summed E-state index contributed by atoms with van der Waals surface area (Å²) in [5, 5.41) is 15.9. The second kappa shape index (κ2) is 9.53. The van der Waals surface area contributed by atoms with E-state index in [2.05, 4.69) is 11.7 Å². The summed E-state index contributed by atoms with van der Waals surface area (Å²) in [7, 11) is 0. The molecule has 4 rings (SSSR count). The molecule has 0 spiro atoms. The van der Waals surface area contributed by atoms with Gasteiger partial charge in [0.05, 0.1) is 17.0 Å². The number of aromatic nitrogens is 2. The van der Waals surface area contributed by atoms with Gasteiger partial charge in [-0.2, -0.15) is 5.10 Å². The third-order valence-electron chi connectivity index (χ3n) is 6.24. The molecular weight excluding hydrogens is 464 g/mol. The second-order valence-electron chi connectivity index (χ2n) is 8.64. The van der Waals surface area contributed by atoms with Crippen molar-refractivity contribution in [3.05, 3.63) is 75.9 Å². The predicted molar refractivity (Wildman–Crippen MR) is 134 cm³/mol. The smallest absolute Gasteiger partial charge is 0.276 e. The van der Waals surface area contributed by atoms with Crippen LogP contribution in [0, 0.1) is 24.0 Å². The molecule has 36 heavy (non-hydrogen) atoms. The lowest BCUT2D eigenvalue weighted by molar-refractivity contribution is -0.385. The fourth-order valence-electron chi connectivity index (χ4n) is 4.38. The Labute approximate surface area is 207 Å². The van der Waals surface area contributed by atoms with Crippen LogP contribution in [0.15, 0.2) is 49.1 Å². The minimum Gasteiger partial charge on any atom is -0.457 e. The van der Waals surface area contributed by atoms with Crippen LogP contribution in [0.3, 0.4) is 0 Å². The Morgan fingerprint density at radius 1 is 1.22 bits per heavy atom. The average molecular weight is 491 g/mol. The highest BCUT2D eigenvalue weighted by Gasteiger charge is 2.31. The van der Waals surface area contributed by atoms with Gasteiger partial charge < -0.3 is 21.1 Å². The number of anilines is 1. The third kappa shape index (κ3) is 4.50. The normalized spacial score (nSPS) is 15.1. The summed E-state index contributed by atoms with van der Waals surface area (Å²) in [5.74, 6) is 0.0592. The van der Waals surface area contributed by atoms with Gasteiger partial charge in [-0.1, -0.05) is 6.58 Å². The minimum atomic E-state index is -0.714. The molecule has 1 aliphatic rings. The topological polar surface area (TPSA) is 160 Å². The number of primary amides is 1. The number of nitro groups is 1. The second-order valence-corrected chi connectivity index (χ2v) is 8.64. The molecule has 1 aromatic heterocycles. The summed E-state index contributed by atoms with van der Waals surface area (Å²) in [6, 6.07) is 9.63. The lowest BCUT2D eigenvalue weighted by atomic mass is 10.1. The molecule has 1 saturated heterocycles. The van der Waals surface area contributed by atoms with Gasteiger partial charge >= 0.3 is 0 Å². The van der Waals surface area contributed by atoms with Gasteiger partial charge in [0, 0.05) is 24.2 Å². The van der Waals surface area contributed by atoms with E-state index >= 15 is 0 Å². The van der Waals surface area contributed by atoms with Crippen LogP contribution >= 0.6 is 0 Å². The van der Waals surface area contributed by atoms with E-state index in [1.165, 1.54) is 12.1 Å². The van der Waals surface area contributed by atoms with Crippen LogP contribution in [0.1, 0.15) is 33.9 Å². The van der Waals surface area contributed by atoms with E-state index in [-0.39, 0.29) is 29.0 Å². The monoisotopic (exact) mass is 490 g/mol. The molecule has 0 unspecified atom stereocenters. The van der Waals surface area contributed by atoms with Crippen molar-refractivity contribution in [2.45, 2.75) is 26.3 Å². The molecule has 186 valence electrons. The molecule has 2 amide bonds. The number of carbonyl (C=O) groups is 2. The van der Waals surface area contributed by atoms with E-state index in [4.69, 9.17) is 16.2 Å². The van der Waals surface area contributed by atoms with Crippen LogP contribution < -0.4 is 16.2 Å². The largest absolute Gasteiger partial charge is 0.457 e. The Morgan fingerprint density at radius 3 is 2.53 bits per heavy atom.